The monoisotopic (exact) mass is 1220 g/mol. The van der Waals surface area contributed by atoms with Gasteiger partial charge in [0, 0.05) is 49.1 Å². The molecule has 0 saturated carbocycles. The third kappa shape index (κ3) is 12.8. The van der Waals surface area contributed by atoms with Crippen LogP contribution in [0.4, 0.5) is 55.5 Å². The highest BCUT2D eigenvalue weighted by Gasteiger charge is 2.56. The van der Waals surface area contributed by atoms with E-state index >= 15 is 0 Å². The summed E-state index contributed by atoms with van der Waals surface area (Å²) in [5.41, 5.74) is 3.71. The Balaban J connectivity index is 0.000000182. The number of benzene rings is 4. The van der Waals surface area contributed by atoms with Crippen LogP contribution in [0.25, 0.3) is 0 Å². The third-order valence-corrected chi connectivity index (χ3v) is 16.7. The lowest BCUT2D eigenvalue weighted by atomic mass is 9.78. The molecule has 4 aromatic heterocycles. The van der Waals surface area contributed by atoms with E-state index in [1.165, 1.54) is 24.5 Å². The fourth-order valence-corrected chi connectivity index (χ4v) is 12.7. The summed E-state index contributed by atoms with van der Waals surface area (Å²) in [5, 5.41) is 31.0. The molecule has 0 amide bonds. The van der Waals surface area contributed by atoms with Gasteiger partial charge in [-0.15, -0.1) is 0 Å². The van der Waals surface area contributed by atoms with Crippen molar-refractivity contribution in [3.05, 3.63) is 214 Å². The fraction of sp³-hybridized carbons (Fsp3) is 0.344. The SMILES string of the molecule is O=C1Cc2c(c(C3CCN(c4ccc(OC(F)F)cn4)CC3)nn2C(c2ccccc2)c2ccccc2)[C@@H](C(F)(F)F)[C@H]1O.O=C1Cc2c(c(C3CCN(c4ccc(OC(F)F)cn4)CC3)nn2C(c2ccccc2)c2ccccc2)[C@H](C(F)(F)F)[C@@H]1O. The van der Waals surface area contributed by atoms with Crippen LogP contribution in [0, 0.1) is 0 Å². The lowest BCUT2D eigenvalue weighted by molar-refractivity contribution is -0.179. The number of ether oxygens (including phenoxy) is 2. The quantitative estimate of drug-likeness (QED) is 0.0993. The predicted octanol–water partition coefficient (Wildman–Crippen LogP) is 12.1. The number of fused-ring (bicyclic) bond motifs is 2. The Hall–Kier alpha value is -8.64. The number of nitrogens with zero attached hydrogens (tertiary/aromatic N) is 8. The molecule has 24 heteroatoms. The molecule has 2 aliphatic heterocycles. The van der Waals surface area contributed by atoms with Crippen molar-refractivity contribution >= 4 is 23.2 Å². The zero-order chi connectivity index (χ0) is 62.0. The average Bonchev–Trinajstić information content (AvgIpc) is 1.67. The minimum absolute atomic E-state index is 0.0755. The van der Waals surface area contributed by atoms with Crippen molar-refractivity contribution in [2.75, 3.05) is 36.0 Å². The van der Waals surface area contributed by atoms with E-state index in [2.05, 4.69) is 19.4 Å². The second-order valence-corrected chi connectivity index (χ2v) is 22.0. The number of pyridine rings is 2. The van der Waals surface area contributed by atoms with Gasteiger partial charge < -0.3 is 29.5 Å². The van der Waals surface area contributed by atoms with E-state index < -0.39 is 73.3 Å². The van der Waals surface area contributed by atoms with Crippen molar-refractivity contribution in [1.29, 1.82) is 0 Å². The maximum atomic E-state index is 14.6. The molecule has 6 heterocycles. The number of hydrogen-bond donors (Lipinski definition) is 2. The van der Waals surface area contributed by atoms with Gasteiger partial charge in [0.05, 0.1) is 48.0 Å². The zero-order valence-corrected chi connectivity index (χ0v) is 46.7. The first-order chi connectivity index (χ1) is 42.2. The van der Waals surface area contributed by atoms with E-state index in [1.807, 2.05) is 131 Å². The van der Waals surface area contributed by atoms with Gasteiger partial charge in [0.2, 0.25) is 0 Å². The number of aromatic nitrogens is 6. The van der Waals surface area contributed by atoms with Gasteiger partial charge in [-0.3, -0.25) is 19.0 Å². The molecule has 12 rings (SSSR count). The smallest absolute Gasteiger partial charge is 0.398 e. The molecule has 0 spiro atoms. The maximum absolute atomic E-state index is 14.6. The number of Topliss-reactive ketones (excluding diaryl/α,β-unsaturated/α-hetero) is 2. The Labute approximate surface area is 498 Å². The van der Waals surface area contributed by atoms with Crippen molar-refractivity contribution < 1.29 is 73.2 Å². The van der Waals surface area contributed by atoms with Crippen LogP contribution in [0.2, 0.25) is 0 Å². The molecular formula is C64H58F10N8O6. The normalized spacial score (nSPS) is 19.5. The Bertz CT molecular complexity index is 3340. The molecule has 4 aliphatic rings. The molecular weight excluding hydrogens is 1170 g/mol. The Morgan fingerprint density at radius 3 is 1.02 bits per heavy atom. The summed E-state index contributed by atoms with van der Waals surface area (Å²) in [6, 6.07) is 41.7. The third-order valence-electron chi connectivity index (χ3n) is 16.7. The number of rotatable bonds is 14. The number of hydrogen-bond acceptors (Lipinski definition) is 12. The molecule has 2 fully saturated rings. The van der Waals surface area contributed by atoms with Gasteiger partial charge in [-0.2, -0.15) is 54.1 Å². The van der Waals surface area contributed by atoms with Crippen LogP contribution < -0.4 is 19.3 Å². The zero-order valence-electron chi connectivity index (χ0n) is 46.7. The molecule has 4 atom stereocenters. The average molecular weight is 1230 g/mol. The van der Waals surface area contributed by atoms with Gasteiger partial charge in [-0.1, -0.05) is 121 Å². The summed E-state index contributed by atoms with van der Waals surface area (Å²) < 4.78 is 150. The van der Waals surface area contributed by atoms with Crippen LogP contribution in [-0.4, -0.2) is 115 Å². The number of carbonyl (C=O) groups is 2. The molecule has 0 bridgehead atoms. The molecule has 4 aromatic carbocycles. The Morgan fingerprint density at radius 1 is 0.455 bits per heavy atom. The van der Waals surface area contributed by atoms with Crippen LogP contribution in [-0.2, 0) is 22.4 Å². The summed E-state index contributed by atoms with van der Waals surface area (Å²) in [7, 11) is 0. The van der Waals surface area contributed by atoms with Crippen molar-refractivity contribution in [1.82, 2.24) is 29.5 Å². The number of aliphatic hydroxyl groups is 2. The van der Waals surface area contributed by atoms with Crippen molar-refractivity contribution in [2.45, 2.75) is 112 Å². The van der Waals surface area contributed by atoms with Crippen molar-refractivity contribution in [3.63, 3.8) is 0 Å². The van der Waals surface area contributed by atoms with Crippen LogP contribution in [0.5, 0.6) is 11.5 Å². The van der Waals surface area contributed by atoms with Gasteiger partial charge >= 0.3 is 25.6 Å². The first-order valence-electron chi connectivity index (χ1n) is 28.5. The Morgan fingerprint density at radius 2 is 0.761 bits per heavy atom. The summed E-state index contributed by atoms with van der Waals surface area (Å²) in [6.45, 7) is -4.25. The summed E-state index contributed by atoms with van der Waals surface area (Å²) in [5.74, 6) is -6.45. The minimum Gasteiger partial charge on any atom is -0.433 e. The van der Waals surface area contributed by atoms with Gasteiger partial charge in [-0.05, 0) is 72.2 Å². The summed E-state index contributed by atoms with van der Waals surface area (Å²) in [4.78, 5) is 38.0. The molecule has 460 valence electrons. The highest BCUT2D eigenvalue weighted by Crippen LogP contribution is 2.50. The van der Waals surface area contributed by atoms with E-state index in [0.717, 1.165) is 22.3 Å². The number of anilines is 2. The summed E-state index contributed by atoms with van der Waals surface area (Å²) >= 11 is 0. The van der Waals surface area contributed by atoms with Gasteiger partial charge in [-0.25, -0.2) is 9.97 Å². The van der Waals surface area contributed by atoms with E-state index in [-0.39, 0.29) is 70.1 Å². The second-order valence-electron chi connectivity index (χ2n) is 22.0. The standard InChI is InChI=1S/2C32H29F5N4O3/c2*33-31(34)44-22-11-12-25(38-18-22)40-15-13-19(14-16-40)28-26-23(17-24(42)30(43)27(26)32(35,36)37)41(39-28)29(20-7-3-1-4-8-20)21-9-5-2-6-10-21/h2*1-12,18-19,27,29-31,43H,13-17H2/t2*27-,30+/m10/s1. The largest absolute Gasteiger partial charge is 0.433 e. The van der Waals surface area contributed by atoms with Crippen molar-refractivity contribution in [2.24, 2.45) is 0 Å². The van der Waals surface area contributed by atoms with Crippen molar-refractivity contribution in [3.8, 4) is 11.5 Å². The molecule has 2 saturated heterocycles. The molecule has 0 radical (unpaired) electrons. The first-order valence-corrected chi connectivity index (χ1v) is 28.5. The van der Waals surface area contributed by atoms with Crippen LogP contribution >= 0.6 is 0 Å². The van der Waals surface area contributed by atoms with E-state index in [1.54, 1.807) is 21.5 Å². The lowest BCUT2D eigenvalue weighted by Crippen LogP contribution is -2.43. The van der Waals surface area contributed by atoms with Gasteiger partial charge in [0.15, 0.2) is 11.6 Å². The number of ketones is 2. The highest BCUT2D eigenvalue weighted by molar-refractivity contribution is 5.89. The Kier molecular flexibility index (Phi) is 17.7. The molecule has 2 aliphatic carbocycles. The summed E-state index contributed by atoms with van der Waals surface area (Å²) in [6.07, 6.45) is -10.8. The molecule has 8 aromatic rings. The van der Waals surface area contributed by atoms with Crippen LogP contribution in [0.1, 0.15) is 118 Å². The molecule has 14 nitrogen and oxygen atoms in total. The first kappa shape index (κ1) is 61.0. The van der Waals surface area contributed by atoms with E-state index in [4.69, 9.17) is 10.2 Å². The molecule has 0 unspecified atom stereocenters. The fourth-order valence-electron chi connectivity index (χ4n) is 12.7. The number of halogens is 10. The molecule has 88 heavy (non-hydrogen) atoms. The van der Waals surface area contributed by atoms with Crippen LogP contribution in [0.3, 0.4) is 0 Å². The second kappa shape index (κ2) is 25.6. The van der Waals surface area contributed by atoms with Gasteiger partial charge in [0.1, 0.15) is 59.3 Å². The number of alkyl halides is 10. The number of aliphatic hydroxyl groups excluding tert-OH is 2. The van der Waals surface area contributed by atoms with Crippen LogP contribution in [0.15, 0.2) is 158 Å². The topological polar surface area (TPSA) is 161 Å². The highest BCUT2D eigenvalue weighted by atomic mass is 19.4. The number of piperidine rings is 2. The lowest BCUT2D eigenvalue weighted by Gasteiger charge is -2.34. The van der Waals surface area contributed by atoms with Gasteiger partial charge in [0.25, 0.3) is 0 Å². The number of carbonyl (C=O) groups excluding carboxylic acids is 2. The predicted molar refractivity (Wildman–Crippen MR) is 302 cm³/mol. The maximum Gasteiger partial charge on any atom is 0.398 e. The minimum atomic E-state index is -4.88. The molecule has 2 N–H and O–H groups in total. The van der Waals surface area contributed by atoms with E-state index in [0.29, 0.717) is 63.5 Å². The van der Waals surface area contributed by atoms with E-state index in [9.17, 15) is 63.7 Å².